The third kappa shape index (κ3) is 15.7. The van der Waals surface area contributed by atoms with E-state index < -0.39 is 0 Å². The lowest BCUT2D eigenvalue weighted by molar-refractivity contribution is 0.301. The molecule has 0 unspecified atom stereocenters. The second-order valence-electron chi connectivity index (χ2n) is 8.40. The average Bonchev–Trinajstić information content (AvgIpc) is 2.93. The van der Waals surface area contributed by atoms with E-state index in [9.17, 15) is 0 Å². The molecule has 0 saturated carbocycles. The largest absolute Gasteiger partial charge is 0.297 e. The van der Waals surface area contributed by atoms with Crippen molar-refractivity contribution < 1.29 is 0 Å². The number of hydrazone groups is 1. The summed E-state index contributed by atoms with van der Waals surface area (Å²) in [6.45, 7) is 4.65. The van der Waals surface area contributed by atoms with Crippen LogP contribution in [0.3, 0.4) is 0 Å². The van der Waals surface area contributed by atoms with Gasteiger partial charge in [-0.25, -0.2) is 0 Å². The Hall–Kier alpha value is -0.530. The lowest BCUT2D eigenvalue weighted by atomic mass is 10.0. The summed E-state index contributed by atoms with van der Waals surface area (Å²) < 4.78 is 0. The summed E-state index contributed by atoms with van der Waals surface area (Å²) in [5.74, 6) is 0. The zero-order valence-corrected chi connectivity index (χ0v) is 18.0. The molecule has 1 rings (SSSR count). The van der Waals surface area contributed by atoms with Gasteiger partial charge in [0.25, 0.3) is 0 Å². The predicted octanol–water partition coefficient (Wildman–Crippen LogP) is 8.11. The Balaban J connectivity index is 1.73. The van der Waals surface area contributed by atoms with Crippen LogP contribution in [0.4, 0.5) is 0 Å². The van der Waals surface area contributed by atoms with Crippen LogP contribution in [-0.2, 0) is 0 Å². The number of hydrogen-bond acceptors (Lipinski definition) is 2. The summed E-state index contributed by atoms with van der Waals surface area (Å²) in [6.07, 6.45) is 30.4. The molecular formula is C24H48N2. The number of nitrogens with zero attached hydrogens (tertiary/aromatic N) is 2. The van der Waals surface area contributed by atoms with E-state index in [0.29, 0.717) is 0 Å². The molecule has 154 valence electrons. The molecule has 0 aliphatic carbocycles. The van der Waals surface area contributed by atoms with Crippen molar-refractivity contribution >= 4 is 6.21 Å². The van der Waals surface area contributed by atoms with Crippen molar-refractivity contribution in [2.24, 2.45) is 5.10 Å². The van der Waals surface area contributed by atoms with E-state index >= 15 is 0 Å². The molecule has 0 aromatic rings. The van der Waals surface area contributed by atoms with Crippen LogP contribution in [0.5, 0.6) is 0 Å². The molecule has 1 aliphatic heterocycles. The summed E-state index contributed by atoms with van der Waals surface area (Å²) in [5.41, 5.74) is 0. The van der Waals surface area contributed by atoms with Gasteiger partial charge in [0.05, 0.1) is 0 Å². The topological polar surface area (TPSA) is 15.6 Å². The van der Waals surface area contributed by atoms with E-state index in [0.717, 1.165) is 0 Å². The second kappa shape index (κ2) is 19.2. The fourth-order valence-electron chi connectivity index (χ4n) is 3.95. The van der Waals surface area contributed by atoms with Crippen molar-refractivity contribution in [1.29, 1.82) is 0 Å². The zero-order chi connectivity index (χ0) is 18.5. The quantitative estimate of drug-likeness (QED) is 0.188. The Morgan fingerprint density at radius 1 is 0.577 bits per heavy atom. The highest BCUT2D eigenvalue weighted by atomic mass is 15.4. The Kier molecular flexibility index (Phi) is 17.4. The van der Waals surface area contributed by atoms with Gasteiger partial charge in [0.1, 0.15) is 0 Å². The van der Waals surface area contributed by atoms with E-state index in [4.69, 9.17) is 0 Å². The molecule has 0 N–H and O–H groups in total. The Morgan fingerprint density at radius 2 is 1.00 bits per heavy atom. The van der Waals surface area contributed by atoms with E-state index in [2.05, 4.69) is 23.2 Å². The molecule has 0 spiro atoms. The first-order valence-electron chi connectivity index (χ1n) is 12.2. The minimum Gasteiger partial charge on any atom is -0.297 e. The molecule has 0 radical (unpaired) electrons. The fraction of sp³-hybridized carbons (Fsp3) is 0.958. The fourth-order valence-corrected chi connectivity index (χ4v) is 3.95. The van der Waals surface area contributed by atoms with Crippen molar-refractivity contribution in [2.45, 2.75) is 135 Å². The number of rotatable bonds is 17. The highest BCUT2D eigenvalue weighted by molar-refractivity contribution is 5.56. The predicted molar refractivity (Wildman–Crippen MR) is 118 cm³/mol. The van der Waals surface area contributed by atoms with Gasteiger partial charge in [-0.1, -0.05) is 110 Å². The van der Waals surface area contributed by atoms with Gasteiger partial charge in [0, 0.05) is 19.3 Å². The normalized spacial score (nSPS) is 15.7. The van der Waals surface area contributed by atoms with Crippen LogP contribution in [0, 0.1) is 0 Å². The Labute approximate surface area is 165 Å². The molecule has 0 atom stereocenters. The molecule has 1 heterocycles. The number of unbranched alkanes of at least 4 members (excludes halogenated alkanes) is 15. The zero-order valence-electron chi connectivity index (χ0n) is 18.0. The van der Waals surface area contributed by atoms with Gasteiger partial charge in [0.2, 0.25) is 0 Å². The van der Waals surface area contributed by atoms with E-state index in [1.54, 1.807) is 0 Å². The molecule has 26 heavy (non-hydrogen) atoms. The third-order valence-corrected chi connectivity index (χ3v) is 5.76. The maximum Gasteiger partial charge on any atom is 0.0360 e. The van der Waals surface area contributed by atoms with Gasteiger partial charge in [-0.2, -0.15) is 5.10 Å². The summed E-state index contributed by atoms with van der Waals surface area (Å²) in [4.78, 5) is 0. The van der Waals surface area contributed by atoms with Crippen LogP contribution in [0.25, 0.3) is 0 Å². The monoisotopic (exact) mass is 364 g/mol. The molecule has 1 fully saturated rings. The number of hydrogen-bond donors (Lipinski definition) is 0. The first-order valence-corrected chi connectivity index (χ1v) is 12.2. The molecule has 1 aliphatic rings. The summed E-state index contributed by atoms with van der Waals surface area (Å²) in [7, 11) is 0. The maximum absolute atomic E-state index is 4.65. The van der Waals surface area contributed by atoms with Gasteiger partial charge < -0.3 is 0 Å². The first kappa shape index (κ1) is 23.5. The van der Waals surface area contributed by atoms with Crippen LogP contribution in [0.1, 0.15) is 135 Å². The van der Waals surface area contributed by atoms with E-state index in [-0.39, 0.29) is 0 Å². The van der Waals surface area contributed by atoms with Crippen molar-refractivity contribution in [3.63, 3.8) is 0 Å². The van der Waals surface area contributed by atoms with Gasteiger partial charge in [-0.15, -0.1) is 0 Å². The molecule has 0 amide bonds. The van der Waals surface area contributed by atoms with Crippen LogP contribution >= 0.6 is 0 Å². The van der Waals surface area contributed by atoms with Gasteiger partial charge in [0.15, 0.2) is 0 Å². The van der Waals surface area contributed by atoms with Crippen LogP contribution in [0.2, 0.25) is 0 Å². The summed E-state index contributed by atoms with van der Waals surface area (Å²) in [6, 6.07) is 0. The molecular weight excluding hydrogens is 316 g/mol. The van der Waals surface area contributed by atoms with Crippen molar-refractivity contribution in [2.75, 3.05) is 13.1 Å². The lowest BCUT2D eigenvalue weighted by Crippen LogP contribution is -2.18. The molecule has 0 bridgehead atoms. The third-order valence-electron chi connectivity index (χ3n) is 5.76. The molecule has 0 aromatic heterocycles. The van der Waals surface area contributed by atoms with Crippen LogP contribution in [0.15, 0.2) is 5.10 Å². The van der Waals surface area contributed by atoms with E-state index in [1.807, 2.05) is 0 Å². The first-order chi connectivity index (χ1) is 12.9. The molecule has 2 heteroatoms. The maximum atomic E-state index is 4.65. The van der Waals surface area contributed by atoms with Crippen LogP contribution < -0.4 is 0 Å². The highest BCUT2D eigenvalue weighted by Crippen LogP contribution is 2.14. The van der Waals surface area contributed by atoms with Crippen LogP contribution in [-0.4, -0.2) is 24.3 Å². The molecule has 0 aromatic carbocycles. The standard InChI is InChI=1S/C24H48N2/c1-2-3-4-5-6-7-8-9-10-11-12-13-14-15-16-19-22-25-26-23-20-17-18-21-24-26/h22H,2-21,23-24H2,1H3. The Bertz CT molecular complexity index is 293. The Morgan fingerprint density at radius 3 is 1.46 bits per heavy atom. The van der Waals surface area contributed by atoms with Crippen molar-refractivity contribution in [3.05, 3.63) is 0 Å². The minimum atomic E-state index is 1.18. The average molecular weight is 365 g/mol. The summed E-state index contributed by atoms with van der Waals surface area (Å²) in [5, 5.41) is 6.94. The SMILES string of the molecule is CCCCCCCCCCCCCCCCCC=NN1CCCCCC1. The smallest absolute Gasteiger partial charge is 0.0360 e. The molecule has 2 nitrogen and oxygen atoms in total. The van der Waals surface area contributed by atoms with Crippen molar-refractivity contribution in [3.8, 4) is 0 Å². The molecule has 1 saturated heterocycles. The van der Waals surface area contributed by atoms with E-state index in [1.165, 1.54) is 142 Å². The van der Waals surface area contributed by atoms with Gasteiger partial charge >= 0.3 is 0 Å². The van der Waals surface area contributed by atoms with Gasteiger partial charge in [-0.3, -0.25) is 5.01 Å². The summed E-state index contributed by atoms with van der Waals surface area (Å²) >= 11 is 0. The highest BCUT2D eigenvalue weighted by Gasteiger charge is 2.04. The van der Waals surface area contributed by atoms with Gasteiger partial charge in [-0.05, 0) is 25.7 Å². The second-order valence-corrected chi connectivity index (χ2v) is 8.40. The van der Waals surface area contributed by atoms with Crippen molar-refractivity contribution in [1.82, 2.24) is 5.01 Å². The lowest BCUT2D eigenvalue weighted by Gasteiger charge is -2.15. The minimum absolute atomic E-state index is 1.18.